The molecular weight excluding hydrogens is 576 g/mol. The average Bonchev–Trinajstić information content (AvgIpc) is 3.56. The second kappa shape index (κ2) is 11.9. The maximum Gasteiger partial charge on any atom is 0.137 e. The average molecular weight is 623 g/mol. The molecule has 47 heavy (non-hydrogen) atoms. The van der Waals surface area contributed by atoms with E-state index in [-0.39, 0.29) is 0 Å². The van der Waals surface area contributed by atoms with Crippen LogP contribution in [0.3, 0.4) is 0 Å². The fourth-order valence-electron chi connectivity index (χ4n) is 7.98. The van der Waals surface area contributed by atoms with Gasteiger partial charge in [0.05, 0.1) is 22.4 Å². The summed E-state index contributed by atoms with van der Waals surface area (Å²) in [4.78, 5) is 4.81. The van der Waals surface area contributed by atoms with Gasteiger partial charge in [-0.3, -0.25) is 4.57 Å². The van der Waals surface area contributed by atoms with Gasteiger partial charge in [0, 0.05) is 46.3 Å². The third kappa shape index (κ3) is 5.17. The molecule has 1 aliphatic rings. The summed E-state index contributed by atoms with van der Waals surface area (Å²) in [6.45, 7) is 20.7. The number of ether oxygens (including phenoxy) is 1. The lowest BCUT2D eigenvalue weighted by atomic mass is 9.64. The van der Waals surface area contributed by atoms with Crippen LogP contribution in [-0.2, 0) is 0 Å². The molecule has 0 N–H and O–H groups in total. The lowest BCUT2D eigenvalue weighted by Gasteiger charge is -2.40. The van der Waals surface area contributed by atoms with E-state index < -0.39 is 0 Å². The summed E-state index contributed by atoms with van der Waals surface area (Å²) in [5.41, 5.74) is 11.2. The van der Waals surface area contributed by atoms with Gasteiger partial charge in [0.15, 0.2) is 0 Å². The van der Waals surface area contributed by atoms with Crippen molar-refractivity contribution in [3.8, 4) is 23.0 Å². The van der Waals surface area contributed by atoms with E-state index >= 15 is 0 Å². The topological polar surface area (TPSA) is 44.9 Å². The predicted octanol–water partition coefficient (Wildman–Crippen LogP) is 11.2. The van der Waals surface area contributed by atoms with Crippen molar-refractivity contribution in [2.45, 2.75) is 74.1 Å². The Morgan fingerprint density at radius 3 is 2.26 bits per heavy atom. The van der Waals surface area contributed by atoms with Gasteiger partial charge >= 0.3 is 0 Å². The highest BCUT2D eigenvalue weighted by atomic mass is 16.5. The van der Waals surface area contributed by atoms with Gasteiger partial charge in [-0.05, 0) is 99.4 Å². The molecule has 1 unspecified atom stereocenters. The van der Waals surface area contributed by atoms with E-state index in [9.17, 15) is 0 Å². The van der Waals surface area contributed by atoms with E-state index in [0.29, 0.717) is 29.6 Å². The Morgan fingerprint density at radius 2 is 1.47 bits per heavy atom. The first kappa shape index (κ1) is 31.0. The summed E-state index contributed by atoms with van der Waals surface area (Å²) in [6.07, 6.45) is 1.91. The van der Waals surface area contributed by atoms with Gasteiger partial charge in [-0.2, -0.15) is 5.10 Å². The van der Waals surface area contributed by atoms with E-state index in [1.807, 2.05) is 12.3 Å². The Kier molecular flexibility index (Phi) is 7.82. The number of rotatable bonds is 6. The number of nitrogens with zero attached hydrogens (tertiary/aromatic N) is 4. The van der Waals surface area contributed by atoms with Crippen molar-refractivity contribution in [3.63, 3.8) is 0 Å². The fourth-order valence-corrected chi connectivity index (χ4v) is 7.98. The van der Waals surface area contributed by atoms with E-state index in [4.69, 9.17) is 14.8 Å². The lowest BCUT2D eigenvalue weighted by Crippen LogP contribution is -2.30. The van der Waals surface area contributed by atoms with E-state index in [1.54, 1.807) is 0 Å². The quantitative estimate of drug-likeness (QED) is 0.174. The lowest BCUT2D eigenvalue weighted by molar-refractivity contribution is 0.256. The van der Waals surface area contributed by atoms with Gasteiger partial charge in [-0.1, -0.05) is 70.0 Å². The van der Waals surface area contributed by atoms with Crippen LogP contribution in [0.25, 0.3) is 33.3 Å². The highest BCUT2D eigenvalue weighted by Gasteiger charge is 2.38. The summed E-state index contributed by atoms with van der Waals surface area (Å²) in [5.74, 6) is 5.04. The van der Waals surface area contributed by atoms with Gasteiger partial charge in [-0.15, -0.1) is 0 Å². The molecule has 3 aromatic carbocycles. The van der Waals surface area contributed by atoms with Gasteiger partial charge in [0.1, 0.15) is 17.3 Å². The third-order valence-electron chi connectivity index (χ3n) is 11.2. The van der Waals surface area contributed by atoms with Crippen LogP contribution < -0.4 is 4.74 Å². The molecule has 0 bridgehead atoms. The highest BCUT2D eigenvalue weighted by Crippen LogP contribution is 2.48. The highest BCUT2D eigenvalue weighted by molar-refractivity contribution is 6.09. The van der Waals surface area contributed by atoms with Crippen molar-refractivity contribution in [2.24, 2.45) is 17.8 Å². The monoisotopic (exact) mass is 622 g/mol. The van der Waals surface area contributed by atoms with Crippen molar-refractivity contribution in [1.29, 1.82) is 0 Å². The Hall–Kier alpha value is -4.64. The number of hydrogen-bond acceptors (Lipinski definition) is 3. The summed E-state index contributed by atoms with van der Waals surface area (Å²) < 4.78 is 10.9. The van der Waals surface area contributed by atoms with Gasteiger partial charge in [0.2, 0.25) is 0 Å². The molecule has 0 saturated carbocycles. The Labute approximate surface area is 278 Å². The maximum atomic E-state index is 6.58. The van der Waals surface area contributed by atoms with Gasteiger partial charge in [0.25, 0.3) is 0 Å². The van der Waals surface area contributed by atoms with Crippen LogP contribution in [0.2, 0.25) is 0 Å². The van der Waals surface area contributed by atoms with Crippen molar-refractivity contribution < 1.29 is 4.74 Å². The number of para-hydroxylation sites is 1. The molecule has 0 saturated heterocycles. The zero-order valence-electron chi connectivity index (χ0n) is 29.2. The first-order valence-electron chi connectivity index (χ1n) is 17.1. The maximum absolute atomic E-state index is 6.58. The number of benzene rings is 3. The van der Waals surface area contributed by atoms with Crippen LogP contribution in [-0.4, -0.2) is 19.3 Å². The van der Waals surface area contributed by atoms with Crippen molar-refractivity contribution in [2.75, 3.05) is 0 Å². The minimum absolute atomic E-state index is 0.378. The minimum atomic E-state index is 0.378. The zero-order valence-corrected chi connectivity index (χ0v) is 29.2. The molecule has 0 fully saturated rings. The molecule has 4 atom stereocenters. The van der Waals surface area contributed by atoms with Crippen LogP contribution in [0.5, 0.6) is 11.5 Å². The molecule has 0 radical (unpaired) electrons. The fraction of sp³-hybridized carbons (Fsp3) is 0.333. The second-order valence-electron chi connectivity index (χ2n) is 14.1. The molecule has 1 aliphatic carbocycles. The number of fused-ring (bicyclic) bond motifs is 3. The number of aryl methyl sites for hydroxylation is 1. The zero-order chi connectivity index (χ0) is 33.1. The van der Waals surface area contributed by atoms with Crippen molar-refractivity contribution in [3.05, 3.63) is 119 Å². The molecule has 0 spiro atoms. The second-order valence-corrected chi connectivity index (χ2v) is 14.1. The van der Waals surface area contributed by atoms with Crippen molar-refractivity contribution in [1.82, 2.24) is 19.3 Å². The molecule has 6 aromatic rings. The first-order chi connectivity index (χ1) is 22.5. The smallest absolute Gasteiger partial charge is 0.137 e. The summed E-state index contributed by atoms with van der Waals surface area (Å²) in [6, 6.07) is 27.5. The summed E-state index contributed by atoms with van der Waals surface area (Å²) in [7, 11) is 0. The first-order valence-corrected chi connectivity index (χ1v) is 17.1. The summed E-state index contributed by atoms with van der Waals surface area (Å²) >= 11 is 0. The third-order valence-corrected chi connectivity index (χ3v) is 11.2. The predicted molar refractivity (Wildman–Crippen MR) is 194 cm³/mol. The standard InChI is InChI=1S/C42H46N4O/c1-24(2)32-19-20-43-40(21-32)45-38-16-11-10-15-36(38)37-18-17-35(23-39(37)45)47-34-14-12-13-33(22-34)46-31(9)42(30(8)44-46)41-28(6)26(4)25(3)27(5)29(41)7/h10-26,28,41H,1-9H3/t25-,26+,28+,41?/m1/s1. The van der Waals surface area contributed by atoms with Gasteiger partial charge < -0.3 is 4.74 Å². The van der Waals surface area contributed by atoms with E-state index in [2.05, 4.69) is 144 Å². The number of aromatic nitrogens is 4. The SMILES string of the molecule is CC1=C(C)[C@H](C)[C@H](C)[C@H](C)C1c1c(C)nn(-c2cccc(Oc3ccc4c5ccccc5n(-c5cc(C(C)C)ccn5)c4c3)c2)c1C. The van der Waals surface area contributed by atoms with Crippen LogP contribution in [0.1, 0.15) is 82.8 Å². The normalized spacial score (nSPS) is 20.1. The Morgan fingerprint density at radius 1 is 0.723 bits per heavy atom. The Bertz CT molecular complexity index is 2160. The van der Waals surface area contributed by atoms with Crippen LogP contribution in [0.15, 0.2) is 96.2 Å². The van der Waals surface area contributed by atoms with Crippen LogP contribution >= 0.6 is 0 Å². The minimum Gasteiger partial charge on any atom is -0.457 e. The molecule has 3 aromatic heterocycles. The summed E-state index contributed by atoms with van der Waals surface area (Å²) in [5, 5.41) is 7.47. The van der Waals surface area contributed by atoms with E-state index in [1.165, 1.54) is 38.7 Å². The van der Waals surface area contributed by atoms with Gasteiger partial charge in [-0.25, -0.2) is 9.67 Å². The van der Waals surface area contributed by atoms with Crippen LogP contribution in [0, 0.1) is 31.6 Å². The molecule has 7 rings (SSSR count). The molecular formula is C42H46N4O. The number of pyridine rings is 1. The molecule has 0 amide bonds. The molecule has 0 aliphatic heterocycles. The molecule has 5 nitrogen and oxygen atoms in total. The van der Waals surface area contributed by atoms with Crippen LogP contribution in [0.4, 0.5) is 0 Å². The van der Waals surface area contributed by atoms with Crippen molar-refractivity contribution >= 4 is 21.8 Å². The number of hydrogen-bond donors (Lipinski definition) is 0. The molecule has 5 heteroatoms. The molecule has 3 heterocycles. The largest absolute Gasteiger partial charge is 0.457 e. The Balaban J connectivity index is 1.26. The van der Waals surface area contributed by atoms with E-state index in [0.717, 1.165) is 39.7 Å². The molecule has 240 valence electrons. The number of allylic oxidation sites excluding steroid dienone is 2.